The van der Waals surface area contributed by atoms with Gasteiger partial charge in [0.15, 0.2) is 0 Å². The second-order valence-corrected chi connectivity index (χ2v) is 3.82. The standard InChI is InChI=1S/C15H13NO2.I2/c17-15(18)9-8-14(12-5-2-1-3-6-12)13-7-4-10-16-11-13;1-2/h1-8,10-11H,9H2,(H,17,18);/b14-8+;. The Kier molecular flexibility index (Phi) is 8.43. The number of rotatable bonds is 4. The van der Waals surface area contributed by atoms with Crippen molar-refractivity contribution in [3.8, 4) is 0 Å². The van der Waals surface area contributed by atoms with Crippen LogP contribution in [0.5, 0.6) is 0 Å². The number of pyridine rings is 1. The summed E-state index contributed by atoms with van der Waals surface area (Å²) < 4.78 is 0. The van der Waals surface area contributed by atoms with Gasteiger partial charge in [0.1, 0.15) is 0 Å². The highest BCUT2D eigenvalue weighted by molar-refractivity contribution is 15.0. The van der Waals surface area contributed by atoms with E-state index >= 15 is 0 Å². The van der Waals surface area contributed by atoms with E-state index in [0.717, 1.165) is 16.7 Å². The number of halogens is 2. The first-order valence-corrected chi connectivity index (χ1v) is 12.1. The van der Waals surface area contributed by atoms with Crippen molar-refractivity contribution >= 4 is 48.8 Å². The predicted molar refractivity (Wildman–Crippen MR) is 98.1 cm³/mol. The van der Waals surface area contributed by atoms with Gasteiger partial charge in [-0.1, -0.05) is 42.5 Å². The van der Waals surface area contributed by atoms with Crippen LogP contribution in [0.2, 0.25) is 0 Å². The molecule has 1 N–H and O–H groups in total. The third-order valence-electron chi connectivity index (χ3n) is 2.54. The van der Waals surface area contributed by atoms with Gasteiger partial charge in [0.05, 0.1) is 6.42 Å². The molecule has 5 heteroatoms. The Morgan fingerprint density at radius 2 is 1.75 bits per heavy atom. The summed E-state index contributed by atoms with van der Waals surface area (Å²) in [5.74, 6) is -0.840. The van der Waals surface area contributed by atoms with Gasteiger partial charge in [-0.2, -0.15) is 0 Å². The normalized spacial score (nSPS) is 10.4. The Morgan fingerprint density at radius 3 is 2.30 bits per heavy atom. The fourth-order valence-corrected chi connectivity index (χ4v) is 1.73. The lowest BCUT2D eigenvalue weighted by Gasteiger charge is -2.07. The molecule has 0 saturated carbocycles. The smallest absolute Gasteiger partial charge is 0.307 e. The van der Waals surface area contributed by atoms with Gasteiger partial charge in [0.2, 0.25) is 0 Å². The minimum atomic E-state index is -0.840. The molecule has 20 heavy (non-hydrogen) atoms. The summed E-state index contributed by atoms with van der Waals surface area (Å²) in [5, 5.41) is 8.80. The largest absolute Gasteiger partial charge is 0.481 e. The first kappa shape index (κ1) is 17.1. The Labute approximate surface area is 141 Å². The molecule has 104 valence electrons. The molecule has 0 spiro atoms. The van der Waals surface area contributed by atoms with Crippen molar-refractivity contribution in [2.75, 3.05) is 0 Å². The molecule has 0 bridgehead atoms. The second-order valence-electron chi connectivity index (χ2n) is 3.82. The van der Waals surface area contributed by atoms with Crippen molar-refractivity contribution in [2.24, 2.45) is 0 Å². The molecule has 0 atom stereocenters. The summed E-state index contributed by atoms with van der Waals surface area (Å²) in [6.07, 6.45) is 5.15. The van der Waals surface area contributed by atoms with Crippen LogP contribution in [-0.2, 0) is 4.79 Å². The molecule has 2 aromatic rings. The molecule has 0 aliphatic carbocycles. The number of aliphatic carboxylic acids is 1. The highest BCUT2D eigenvalue weighted by Gasteiger charge is 2.05. The monoisotopic (exact) mass is 493 g/mol. The highest BCUT2D eigenvalue weighted by atomic mass is 128. The number of hydrogen-bond acceptors (Lipinski definition) is 2. The summed E-state index contributed by atoms with van der Waals surface area (Å²) in [4.78, 5) is 14.8. The predicted octanol–water partition coefficient (Wildman–Crippen LogP) is 4.76. The zero-order chi connectivity index (χ0) is 14.8. The maximum atomic E-state index is 10.7. The summed E-state index contributed by atoms with van der Waals surface area (Å²) in [7, 11) is 0. The number of carbonyl (C=O) groups is 1. The van der Waals surface area contributed by atoms with E-state index in [1.807, 2.05) is 42.5 Å². The minimum Gasteiger partial charge on any atom is -0.481 e. The second kappa shape index (κ2) is 9.87. The lowest BCUT2D eigenvalue weighted by molar-refractivity contribution is -0.135. The molecular weight excluding hydrogens is 480 g/mol. The lowest BCUT2D eigenvalue weighted by atomic mass is 9.98. The van der Waals surface area contributed by atoms with E-state index in [9.17, 15) is 4.79 Å². The van der Waals surface area contributed by atoms with E-state index in [0.29, 0.717) is 0 Å². The fourth-order valence-electron chi connectivity index (χ4n) is 1.73. The SMILES string of the molecule is II.O=C(O)C/C=C(\c1ccccc1)c1cccnc1. The Balaban J connectivity index is 0.000000956. The molecule has 0 aliphatic rings. The van der Waals surface area contributed by atoms with Gasteiger partial charge in [-0.3, -0.25) is 9.78 Å². The van der Waals surface area contributed by atoms with E-state index in [2.05, 4.69) is 42.2 Å². The van der Waals surface area contributed by atoms with Gasteiger partial charge in [0.25, 0.3) is 0 Å². The Hall–Kier alpha value is -0.960. The van der Waals surface area contributed by atoms with Crippen LogP contribution in [-0.4, -0.2) is 16.1 Å². The van der Waals surface area contributed by atoms with E-state index < -0.39 is 5.97 Å². The van der Waals surface area contributed by atoms with Crippen molar-refractivity contribution in [3.05, 3.63) is 72.1 Å². The quantitative estimate of drug-likeness (QED) is 0.626. The molecule has 2 rings (SSSR count). The van der Waals surface area contributed by atoms with Crippen molar-refractivity contribution in [1.29, 1.82) is 0 Å². The first-order valence-electron chi connectivity index (χ1n) is 5.79. The maximum absolute atomic E-state index is 10.7. The number of carboxylic acid groups (broad SMARTS) is 1. The minimum absolute atomic E-state index is 0.000871. The van der Waals surface area contributed by atoms with Gasteiger partial charge in [-0.05, 0) is 17.2 Å². The number of nitrogens with zero attached hydrogens (tertiary/aromatic N) is 1. The van der Waals surface area contributed by atoms with Crippen LogP contribution in [0, 0.1) is 0 Å². The van der Waals surface area contributed by atoms with E-state index in [-0.39, 0.29) is 6.42 Å². The zero-order valence-corrected chi connectivity index (χ0v) is 14.9. The third-order valence-corrected chi connectivity index (χ3v) is 2.54. The maximum Gasteiger partial charge on any atom is 0.307 e. The molecule has 0 unspecified atom stereocenters. The van der Waals surface area contributed by atoms with Crippen LogP contribution >= 0.6 is 37.2 Å². The summed E-state index contributed by atoms with van der Waals surface area (Å²) in [5.41, 5.74) is 2.81. The molecule has 1 aromatic carbocycles. The van der Waals surface area contributed by atoms with Gasteiger partial charge < -0.3 is 5.11 Å². The van der Waals surface area contributed by atoms with Crippen molar-refractivity contribution in [1.82, 2.24) is 4.98 Å². The molecule has 0 aliphatic heterocycles. The van der Waals surface area contributed by atoms with Crippen molar-refractivity contribution in [2.45, 2.75) is 6.42 Å². The van der Waals surface area contributed by atoms with E-state index in [1.165, 1.54) is 0 Å². The van der Waals surface area contributed by atoms with Crippen LogP contribution in [0.3, 0.4) is 0 Å². The molecule has 0 fully saturated rings. The van der Waals surface area contributed by atoms with Crippen molar-refractivity contribution in [3.63, 3.8) is 0 Å². The van der Waals surface area contributed by atoms with Gasteiger partial charge in [-0.25, -0.2) is 0 Å². The van der Waals surface area contributed by atoms with Crippen LogP contribution in [0.1, 0.15) is 17.5 Å². The molecule has 3 nitrogen and oxygen atoms in total. The molecule has 0 saturated heterocycles. The van der Waals surface area contributed by atoms with Crippen molar-refractivity contribution < 1.29 is 9.90 Å². The topological polar surface area (TPSA) is 50.2 Å². The molecule has 0 amide bonds. The number of benzene rings is 1. The zero-order valence-electron chi connectivity index (χ0n) is 10.5. The van der Waals surface area contributed by atoms with E-state index in [1.54, 1.807) is 18.5 Å². The lowest BCUT2D eigenvalue weighted by Crippen LogP contribution is -1.94. The van der Waals surface area contributed by atoms with Crippen LogP contribution in [0.15, 0.2) is 60.9 Å². The van der Waals surface area contributed by atoms with Crippen LogP contribution in [0.25, 0.3) is 5.57 Å². The Morgan fingerprint density at radius 1 is 1.10 bits per heavy atom. The molecule has 0 radical (unpaired) electrons. The average molecular weight is 493 g/mol. The first-order chi connectivity index (χ1) is 9.77. The number of hydrogen-bond donors (Lipinski definition) is 1. The summed E-state index contributed by atoms with van der Waals surface area (Å²) >= 11 is 4.24. The van der Waals surface area contributed by atoms with Gasteiger partial charge in [-0.15, -0.1) is 0 Å². The third kappa shape index (κ3) is 5.58. The van der Waals surface area contributed by atoms with E-state index in [4.69, 9.17) is 5.11 Å². The van der Waals surface area contributed by atoms with Crippen LogP contribution in [0.4, 0.5) is 0 Å². The molecular formula is C15H13I2NO2. The fraction of sp³-hybridized carbons (Fsp3) is 0.0667. The Bertz CT molecular complexity index is 515. The summed E-state index contributed by atoms with van der Waals surface area (Å²) in [6, 6.07) is 13.5. The molecule has 1 heterocycles. The summed E-state index contributed by atoms with van der Waals surface area (Å²) in [6.45, 7) is 0. The number of aromatic nitrogens is 1. The van der Waals surface area contributed by atoms with Gasteiger partial charge >= 0.3 is 5.97 Å². The van der Waals surface area contributed by atoms with Gasteiger partial charge in [0, 0.05) is 55.2 Å². The van der Waals surface area contributed by atoms with Crippen LogP contribution < -0.4 is 0 Å². The number of carboxylic acids is 1. The highest BCUT2D eigenvalue weighted by Crippen LogP contribution is 2.22. The average Bonchev–Trinajstić information content (AvgIpc) is 2.51. The molecule has 1 aromatic heterocycles.